The highest BCUT2D eigenvalue weighted by Crippen LogP contribution is 2.35. The van der Waals surface area contributed by atoms with E-state index in [0.29, 0.717) is 23.5 Å². The summed E-state index contributed by atoms with van der Waals surface area (Å²) in [6.07, 6.45) is 3.46. The van der Waals surface area contributed by atoms with Gasteiger partial charge in [0.25, 0.3) is 0 Å². The molecule has 0 spiro atoms. The minimum atomic E-state index is -0.134. The number of imidazole rings is 1. The van der Waals surface area contributed by atoms with Crippen molar-refractivity contribution in [2.75, 3.05) is 5.75 Å². The number of carbonyl (C=O) groups excluding carboxylic acids is 1. The van der Waals surface area contributed by atoms with Crippen LogP contribution in [0.15, 0.2) is 29.4 Å². The maximum Gasteiger partial charge on any atom is 0.316 e. The number of thioether (sulfide) groups is 1. The van der Waals surface area contributed by atoms with Crippen molar-refractivity contribution in [2.24, 2.45) is 17.8 Å². The number of hydrogen-bond donors (Lipinski definition) is 1. The lowest BCUT2D eigenvalue weighted by atomic mass is 9.75. The number of nitrogens with zero attached hydrogens (tertiary/aromatic N) is 1. The van der Waals surface area contributed by atoms with Gasteiger partial charge in [0.1, 0.15) is 6.10 Å². The SMILES string of the molecule is CC(C)[C@H]1CC[C@@H](C)C[C@H]1OC(=O)CSc1nc2ccccc2[nH]1. The molecule has 0 aliphatic heterocycles. The lowest BCUT2D eigenvalue weighted by Crippen LogP contribution is -2.36. The van der Waals surface area contributed by atoms with Crippen LogP contribution < -0.4 is 0 Å². The number of nitrogens with one attached hydrogen (secondary N) is 1. The molecule has 3 atom stereocenters. The van der Waals surface area contributed by atoms with Gasteiger partial charge in [-0.3, -0.25) is 4.79 Å². The van der Waals surface area contributed by atoms with E-state index in [-0.39, 0.29) is 12.1 Å². The van der Waals surface area contributed by atoms with E-state index >= 15 is 0 Å². The van der Waals surface area contributed by atoms with E-state index in [4.69, 9.17) is 4.74 Å². The number of fused-ring (bicyclic) bond motifs is 1. The number of aromatic amines is 1. The van der Waals surface area contributed by atoms with Gasteiger partial charge in [0.05, 0.1) is 16.8 Å². The van der Waals surface area contributed by atoms with Gasteiger partial charge in [0.2, 0.25) is 0 Å². The molecule has 4 nitrogen and oxygen atoms in total. The van der Waals surface area contributed by atoms with E-state index in [1.165, 1.54) is 18.2 Å². The highest BCUT2D eigenvalue weighted by atomic mass is 32.2. The highest BCUT2D eigenvalue weighted by molar-refractivity contribution is 7.99. The number of benzene rings is 1. The van der Waals surface area contributed by atoms with Gasteiger partial charge in [0.15, 0.2) is 5.16 Å². The molecule has 1 N–H and O–H groups in total. The fourth-order valence-corrected chi connectivity index (χ4v) is 4.25. The fourth-order valence-electron chi connectivity index (χ4n) is 3.58. The summed E-state index contributed by atoms with van der Waals surface area (Å²) in [4.78, 5) is 20.0. The molecule has 3 rings (SSSR count). The number of para-hydroxylation sites is 2. The highest BCUT2D eigenvalue weighted by Gasteiger charge is 2.33. The fraction of sp³-hybridized carbons (Fsp3) is 0.579. The second-order valence-corrected chi connectivity index (χ2v) is 8.17. The van der Waals surface area contributed by atoms with Crippen LogP contribution in [0.4, 0.5) is 0 Å². The standard InChI is InChI=1S/C19H26N2O2S/c1-12(2)14-9-8-13(3)10-17(14)23-18(22)11-24-19-20-15-6-4-5-7-16(15)21-19/h4-7,12-14,17H,8-11H2,1-3H3,(H,20,21)/t13-,14-,17-/m1/s1. The van der Waals surface area contributed by atoms with Crippen LogP contribution in [0.25, 0.3) is 11.0 Å². The number of hydrogen-bond acceptors (Lipinski definition) is 4. The van der Waals surface area contributed by atoms with E-state index in [0.717, 1.165) is 29.0 Å². The van der Waals surface area contributed by atoms with Gasteiger partial charge in [-0.1, -0.05) is 51.1 Å². The summed E-state index contributed by atoms with van der Waals surface area (Å²) < 4.78 is 5.83. The number of ether oxygens (including phenoxy) is 1. The molecular weight excluding hydrogens is 320 g/mol. The predicted octanol–water partition coefficient (Wildman–Crippen LogP) is 4.66. The number of rotatable bonds is 5. The van der Waals surface area contributed by atoms with Gasteiger partial charge in [0, 0.05) is 0 Å². The zero-order valence-electron chi connectivity index (χ0n) is 14.6. The Kier molecular flexibility index (Phi) is 5.49. The van der Waals surface area contributed by atoms with E-state index in [2.05, 4.69) is 30.7 Å². The molecule has 130 valence electrons. The summed E-state index contributed by atoms with van der Waals surface area (Å²) in [5.41, 5.74) is 1.92. The predicted molar refractivity (Wildman–Crippen MR) is 98.0 cm³/mol. The zero-order valence-corrected chi connectivity index (χ0v) is 15.4. The Bertz CT molecular complexity index is 664. The Morgan fingerprint density at radius 2 is 2.17 bits per heavy atom. The lowest BCUT2D eigenvalue weighted by Gasteiger charge is -2.36. The Labute approximate surface area is 147 Å². The summed E-state index contributed by atoms with van der Waals surface area (Å²) in [5.74, 6) is 1.85. The molecule has 1 aliphatic rings. The number of carbonyl (C=O) groups is 1. The summed E-state index contributed by atoms with van der Waals surface area (Å²) >= 11 is 1.41. The zero-order chi connectivity index (χ0) is 17.1. The van der Waals surface area contributed by atoms with Crippen LogP contribution in [0.5, 0.6) is 0 Å². The molecule has 0 bridgehead atoms. The minimum absolute atomic E-state index is 0.0672. The van der Waals surface area contributed by atoms with Crippen LogP contribution in [0, 0.1) is 17.8 Å². The third-order valence-corrected chi connectivity index (χ3v) is 5.79. The Morgan fingerprint density at radius 1 is 1.38 bits per heavy atom. The summed E-state index contributed by atoms with van der Waals surface area (Å²) in [6, 6.07) is 7.88. The number of esters is 1. The van der Waals surface area contributed by atoms with Gasteiger partial charge < -0.3 is 9.72 Å². The first-order chi connectivity index (χ1) is 11.5. The minimum Gasteiger partial charge on any atom is -0.461 e. The molecule has 0 saturated heterocycles. The van der Waals surface area contributed by atoms with Crippen LogP contribution in [-0.2, 0) is 9.53 Å². The van der Waals surface area contributed by atoms with Crippen molar-refractivity contribution in [1.29, 1.82) is 0 Å². The van der Waals surface area contributed by atoms with Crippen LogP contribution in [-0.4, -0.2) is 27.8 Å². The van der Waals surface area contributed by atoms with Crippen LogP contribution in [0.3, 0.4) is 0 Å². The molecule has 1 aromatic carbocycles. The number of H-pyrrole nitrogens is 1. The molecule has 24 heavy (non-hydrogen) atoms. The molecule has 5 heteroatoms. The molecule has 1 saturated carbocycles. The van der Waals surface area contributed by atoms with Crippen LogP contribution in [0.1, 0.15) is 40.0 Å². The van der Waals surface area contributed by atoms with Crippen molar-refractivity contribution in [3.05, 3.63) is 24.3 Å². The van der Waals surface area contributed by atoms with Gasteiger partial charge in [-0.25, -0.2) is 4.98 Å². The van der Waals surface area contributed by atoms with Gasteiger partial charge in [-0.05, 0) is 42.7 Å². The van der Waals surface area contributed by atoms with Crippen molar-refractivity contribution in [2.45, 2.75) is 51.3 Å². The molecule has 1 fully saturated rings. The molecule has 2 aromatic rings. The first-order valence-electron chi connectivity index (χ1n) is 8.80. The third-order valence-electron chi connectivity index (χ3n) is 4.94. The Morgan fingerprint density at radius 3 is 2.92 bits per heavy atom. The second-order valence-electron chi connectivity index (χ2n) is 7.20. The van der Waals surface area contributed by atoms with E-state index in [1.807, 2.05) is 24.3 Å². The molecule has 1 aliphatic carbocycles. The quantitative estimate of drug-likeness (QED) is 0.632. The van der Waals surface area contributed by atoms with E-state index in [9.17, 15) is 4.79 Å². The molecule has 1 heterocycles. The molecule has 0 unspecified atom stereocenters. The van der Waals surface area contributed by atoms with Gasteiger partial charge >= 0.3 is 5.97 Å². The molecular formula is C19H26N2O2S. The van der Waals surface area contributed by atoms with Crippen LogP contribution >= 0.6 is 11.8 Å². The third kappa shape index (κ3) is 4.12. The maximum atomic E-state index is 12.3. The Balaban J connectivity index is 1.56. The summed E-state index contributed by atoms with van der Waals surface area (Å²) in [5, 5.41) is 0.769. The maximum absolute atomic E-state index is 12.3. The van der Waals surface area contributed by atoms with Gasteiger partial charge in [-0.15, -0.1) is 0 Å². The Hall–Kier alpha value is -1.49. The smallest absolute Gasteiger partial charge is 0.316 e. The first kappa shape index (κ1) is 17.3. The van der Waals surface area contributed by atoms with Crippen molar-refractivity contribution < 1.29 is 9.53 Å². The summed E-state index contributed by atoms with van der Waals surface area (Å²) in [6.45, 7) is 6.70. The first-order valence-corrected chi connectivity index (χ1v) is 9.78. The molecule has 0 radical (unpaired) electrons. The average Bonchev–Trinajstić information content (AvgIpc) is 2.95. The van der Waals surface area contributed by atoms with E-state index < -0.39 is 0 Å². The monoisotopic (exact) mass is 346 g/mol. The summed E-state index contributed by atoms with van der Waals surface area (Å²) in [7, 11) is 0. The normalized spacial score (nSPS) is 24.4. The van der Waals surface area contributed by atoms with Crippen molar-refractivity contribution in [3.63, 3.8) is 0 Å². The van der Waals surface area contributed by atoms with Crippen molar-refractivity contribution >= 4 is 28.8 Å². The van der Waals surface area contributed by atoms with E-state index in [1.54, 1.807) is 0 Å². The van der Waals surface area contributed by atoms with Crippen molar-refractivity contribution in [3.8, 4) is 0 Å². The number of aromatic nitrogens is 2. The lowest BCUT2D eigenvalue weighted by molar-refractivity contribution is -0.152. The van der Waals surface area contributed by atoms with Crippen LogP contribution in [0.2, 0.25) is 0 Å². The largest absolute Gasteiger partial charge is 0.461 e. The molecule has 0 amide bonds. The van der Waals surface area contributed by atoms with Gasteiger partial charge in [-0.2, -0.15) is 0 Å². The average molecular weight is 346 g/mol. The topological polar surface area (TPSA) is 55.0 Å². The molecule has 1 aromatic heterocycles. The van der Waals surface area contributed by atoms with Crippen molar-refractivity contribution in [1.82, 2.24) is 9.97 Å². The second kappa shape index (κ2) is 7.60.